The van der Waals surface area contributed by atoms with E-state index in [4.69, 9.17) is 13.8 Å². The Hall–Kier alpha value is -6.51. The Bertz CT molecular complexity index is 3280. The number of benzene rings is 6. The molecule has 0 saturated carbocycles. The molecule has 0 aliphatic heterocycles. The van der Waals surface area contributed by atoms with Gasteiger partial charge in [-0.3, -0.25) is 4.98 Å². The topological polar surface area (TPSA) is 69.9 Å². The minimum absolute atomic E-state index is 0. The number of rotatable bonds is 5. The van der Waals surface area contributed by atoms with Crippen LogP contribution in [0.15, 0.2) is 167 Å². The van der Waals surface area contributed by atoms with Crippen LogP contribution in [0.3, 0.4) is 0 Å². The van der Waals surface area contributed by atoms with E-state index in [1.807, 2.05) is 97.2 Å². The van der Waals surface area contributed by atoms with Gasteiger partial charge in [-0.15, -0.1) is 48.0 Å². The van der Waals surface area contributed by atoms with Gasteiger partial charge in [0.2, 0.25) is 5.71 Å². The van der Waals surface area contributed by atoms with Crippen LogP contribution >= 0.6 is 0 Å². The molecule has 0 N–H and O–H groups in total. The van der Waals surface area contributed by atoms with Crippen LogP contribution in [0.2, 0.25) is 19.6 Å². The average molecular weight is 963 g/mol. The van der Waals surface area contributed by atoms with Crippen LogP contribution in [-0.2, 0) is 20.1 Å². The number of furan rings is 2. The number of para-hydroxylation sites is 4. The van der Waals surface area contributed by atoms with Crippen molar-refractivity contribution in [1.29, 1.82) is 0 Å². The molecule has 0 bridgehead atoms. The summed E-state index contributed by atoms with van der Waals surface area (Å²) in [4.78, 5) is 14.1. The van der Waals surface area contributed by atoms with E-state index >= 15 is 0 Å². The van der Waals surface area contributed by atoms with Gasteiger partial charge in [0.1, 0.15) is 11.4 Å². The first-order valence-corrected chi connectivity index (χ1v) is 22.6. The first kappa shape index (κ1) is 38.0. The van der Waals surface area contributed by atoms with Gasteiger partial charge in [-0.05, 0) is 64.8 Å². The van der Waals surface area contributed by atoms with Gasteiger partial charge in [0.15, 0.2) is 5.58 Å². The summed E-state index contributed by atoms with van der Waals surface area (Å²) in [5.41, 5.74) is 9.84. The van der Waals surface area contributed by atoms with Crippen molar-refractivity contribution in [3.63, 3.8) is 0 Å². The van der Waals surface area contributed by atoms with Gasteiger partial charge in [-0.25, -0.2) is 9.37 Å². The zero-order chi connectivity index (χ0) is 39.4. The molecule has 11 rings (SSSR count). The summed E-state index contributed by atoms with van der Waals surface area (Å²) in [5.74, 6) is 0.377. The fraction of sp³-hybridized carbons (Fsp3) is 0.0600. The van der Waals surface area contributed by atoms with Gasteiger partial charge in [-0.2, -0.15) is 0 Å². The van der Waals surface area contributed by atoms with E-state index in [0.717, 1.165) is 71.8 Å². The van der Waals surface area contributed by atoms with Crippen LogP contribution in [0.5, 0.6) is 0 Å². The van der Waals surface area contributed by atoms with Crippen molar-refractivity contribution in [2.75, 3.05) is 0 Å². The molecular formula is C50H35FIrN4O2Si-2. The number of nitrogens with zero attached hydrogens (tertiary/aromatic N) is 4. The molecule has 6 aromatic carbocycles. The second-order valence-corrected chi connectivity index (χ2v) is 20.3. The van der Waals surface area contributed by atoms with Crippen molar-refractivity contribution in [2.45, 2.75) is 19.6 Å². The molecule has 0 saturated heterocycles. The number of pyridine rings is 2. The van der Waals surface area contributed by atoms with Gasteiger partial charge < -0.3 is 18.4 Å². The molecule has 0 atom stereocenters. The van der Waals surface area contributed by atoms with Crippen molar-refractivity contribution in [3.05, 3.63) is 176 Å². The Kier molecular flexibility index (Phi) is 9.89. The Morgan fingerprint density at radius 3 is 2.25 bits per heavy atom. The van der Waals surface area contributed by atoms with Crippen LogP contribution in [0.4, 0.5) is 4.39 Å². The van der Waals surface area contributed by atoms with E-state index in [-0.39, 0.29) is 25.9 Å². The van der Waals surface area contributed by atoms with E-state index in [0.29, 0.717) is 22.7 Å². The molecule has 6 nitrogen and oxygen atoms in total. The molecule has 289 valence electrons. The quantitative estimate of drug-likeness (QED) is 0.127. The molecule has 59 heavy (non-hydrogen) atoms. The Labute approximate surface area is 354 Å². The van der Waals surface area contributed by atoms with Crippen molar-refractivity contribution in [1.82, 2.24) is 19.5 Å². The smallest absolute Gasteiger partial charge is 0.216 e. The maximum atomic E-state index is 13.8. The SMILES string of the molecule is C[Si](C)(C)c1ccc(-c2[c-]cccc2)nc1.Fc1ccc(-c2c[c-]c(-c3nc4ccccc4n3-c3cccc4c3oc3ccccc34)c3oc4ncccc4c23)cc1.[Ir]. The average Bonchev–Trinajstić information content (AvgIpc) is 3.96. The van der Waals surface area contributed by atoms with E-state index in [1.165, 1.54) is 17.3 Å². The zero-order valence-corrected chi connectivity index (χ0v) is 35.7. The molecular weight excluding hydrogens is 928 g/mol. The third kappa shape index (κ3) is 6.87. The summed E-state index contributed by atoms with van der Waals surface area (Å²) < 4.78 is 28.8. The van der Waals surface area contributed by atoms with Crippen LogP contribution < -0.4 is 5.19 Å². The molecule has 11 aromatic rings. The molecule has 0 unspecified atom stereocenters. The standard InChI is InChI=1S/C36H19FN3O2.C14H16NSi.Ir/c37-22-16-14-21(15-17-22)23-18-19-27(34-32(23)26-9-6-20-38-36(26)42-34)35-39-28-10-2-3-11-29(28)40(35)30-12-5-8-25-24-7-1-4-13-31(24)41-33(25)30;1-16(2,3)13-9-10-14(15-11-13)12-7-5-4-6-8-12;/h1-18,20H;4-7,9-11H,1-3H3;/q2*-1;. The van der Waals surface area contributed by atoms with Crippen molar-refractivity contribution in [3.8, 4) is 39.5 Å². The van der Waals surface area contributed by atoms with Crippen molar-refractivity contribution >= 4 is 68.3 Å². The molecule has 0 fully saturated rings. The van der Waals surface area contributed by atoms with E-state index in [1.54, 1.807) is 18.3 Å². The predicted octanol–water partition coefficient (Wildman–Crippen LogP) is 12.6. The van der Waals surface area contributed by atoms with Gasteiger partial charge in [0.25, 0.3) is 0 Å². The van der Waals surface area contributed by atoms with Crippen LogP contribution in [-0.4, -0.2) is 27.6 Å². The Morgan fingerprint density at radius 2 is 1.46 bits per heavy atom. The molecule has 9 heteroatoms. The van der Waals surface area contributed by atoms with E-state index < -0.39 is 8.07 Å². The number of imidazole rings is 1. The van der Waals surface area contributed by atoms with Gasteiger partial charge >= 0.3 is 0 Å². The minimum Gasteiger partial charge on any atom is -0.486 e. The third-order valence-corrected chi connectivity index (χ3v) is 12.5. The first-order chi connectivity index (χ1) is 28.3. The number of hydrogen-bond donors (Lipinski definition) is 0. The van der Waals surface area contributed by atoms with Crippen LogP contribution in [0.25, 0.3) is 94.5 Å². The molecule has 0 aliphatic carbocycles. The van der Waals surface area contributed by atoms with Crippen molar-refractivity contribution in [2.24, 2.45) is 0 Å². The number of hydrogen-bond acceptors (Lipinski definition) is 5. The van der Waals surface area contributed by atoms with Gasteiger partial charge in [0.05, 0.1) is 36.2 Å². The van der Waals surface area contributed by atoms with Crippen LogP contribution in [0.1, 0.15) is 0 Å². The molecule has 1 radical (unpaired) electrons. The van der Waals surface area contributed by atoms with Gasteiger partial charge in [-0.1, -0.05) is 103 Å². The number of aromatic nitrogens is 4. The summed E-state index contributed by atoms with van der Waals surface area (Å²) in [6, 6.07) is 53.5. The minimum atomic E-state index is -1.23. The largest absolute Gasteiger partial charge is 0.486 e. The van der Waals surface area contributed by atoms with E-state index in [2.05, 4.69) is 76.6 Å². The number of halogens is 1. The predicted molar refractivity (Wildman–Crippen MR) is 235 cm³/mol. The zero-order valence-electron chi connectivity index (χ0n) is 32.3. The second-order valence-electron chi connectivity index (χ2n) is 15.2. The molecule has 5 heterocycles. The number of fused-ring (bicyclic) bond motifs is 7. The Balaban J connectivity index is 0.000000224. The monoisotopic (exact) mass is 963 g/mol. The fourth-order valence-electron chi connectivity index (χ4n) is 7.58. The third-order valence-electron chi connectivity index (χ3n) is 10.5. The fourth-order valence-corrected chi connectivity index (χ4v) is 8.61. The summed E-state index contributed by atoms with van der Waals surface area (Å²) in [5, 5.41) is 5.22. The molecule has 0 spiro atoms. The van der Waals surface area contributed by atoms with Gasteiger partial charge in [0, 0.05) is 48.7 Å². The summed E-state index contributed by atoms with van der Waals surface area (Å²) in [6.07, 6.45) is 3.73. The first-order valence-electron chi connectivity index (χ1n) is 19.1. The summed E-state index contributed by atoms with van der Waals surface area (Å²) >= 11 is 0. The molecule has 5 aromatic heterocycles. The molecule has 0 aliphatic rings. The van der Waals surface area contributed by atoms with Crippen LogP contribution in [0, 0.1) is 17.9 Å². The normalized spacial score (nSPS) is 11.6. The summed E-state index contributed by atoms with van der Waals surface area (Å²) in [7, 11) is -1.23. The molecule has 0 amide bonds. The Morgan fingerprint density at radius 1 is 0.678 bits per heavy atom. The second kappa shape index (κ2) is 15.3. The van der Waals surface area contributed by atoms with Crippen molar-refractivity contribution < 1.29 is 33.3 Å². The van der Waals surface area contributed by atoms with E-state index in [9.17, 15) is 4.39 Å². The maximum Gasteiger partial charge on any atom is 0.216 e. The maximum absolute atomic E-state index is 13.8. The summed E-state index contributed by atoms with van der Waals surface area (Å²) in [6.45, 7) is 7.00.